The summed E-state index contributed by atoms with van der Waals surface area (Å²) in [5.74, 6) is -0.124. The van der Waals surface area contributed by atoms with Gasteiger partial charge in [-0.15, -0.1) is 0 Å². The molecule has 2 N–H and O–H groups in total. The highest BCUT2D eigenvalue weighted by Crippen LogP contribution is 2.19. The molecule has 1 saturated heterocycles. The van der Waals surface area contributed by atoms with Crippen LogP contribution < -0.4 is 10.8 Å². The van der Waals surface area contributed by atoms with Crippen LogP contribution >= 0.6 is 0 Å². The van der Waals surface area contributed by atoms with Crippen LogP contribution in [0.1, 0.15) is 25.7 Å². The molecule has 2 rings (SSSR count). The summed E-state index contributed by atoms with van der Waals surface area (Å²) in [7, 11) is 0. The first-order valence-corrected chi connectivity index (χ1v) is 5.63. The van der Waals surface area contributed by atoms with E-state index in [4.69, 9.17) is 9.57 Å². The van der Waals surface area contributed by atoms with Crippen molar-refractivity contribution in [1.82, 2.24) is 10.8 Å². The molecule has 0 aromatic heterocycles. The SMILES string of the molecule is O=C(NOC1CCCC1)C1COCCN1. The van der Waals surface area contributed by atoms with Crippen LogP contribution in [0.15, 0.2) is 0 Å². The maximum absolute atomic E-state index is 11.6. The van der Waals surface area contributed by atoms with Gasteiger partial charge in [0.25, 0.3) is 5.91 Å². The maximum Gasteiger partial charge on any atom is 0.263 e. The van der Waals surface area contributed by atoms with Gasteiger partial charge in [-0.05, 0) is 12.8 Å². The van der Waals surface area contributed by atoms with Gasteiger partial charge in [0, 0.05) is 6.54 Å². The molecule has 1 amide bonds. The van der Waals surface area contributed by atoms with Crippen molar-refractivity contribution in [3.63, 3.8) is 0 Å². The van der Waals surface area contributed by atoms with E-state index >= 15 is 0 Å². The van der Waals surface area contributed by atoms with E-state index in [1.807, 2.05) is 0 Å². The molecule has 0 aromatic carbocycles. The first-order valence-electron chi connectivity index (χ1n) is 5.63. The van der Waals surface area contributed by atoms with Crippen LogP contribution in [0.4, 0.5) is 0 Å². The van der Waals surface area contributed by atoms with Crippen molar-refractivity contribution in [1.29, 1.82) is 0 Å². The largest absolute Gasteiger partial charge is 0.378 e. The fraction of sp³-hybridized carbons (Fsp3) is 0.900. The van der Waals surface area contributed by atoms with E-state index in [2.05, 4.69) is 10.8 Å². The predicted octanol–water partition coefficient (Wildman–Crippen LogP) is -0.0348. The summed E-state index contributed by atoms with van der Waals surface area (Å²) in [4.78, 5) is 16.9. The minimum absolute atomic E-state index is 0.124. The molecule has 1 saturated carbocycles. The summed E-state index contributed by atoms with van der Waals surface area (Å²) >= 11 is 0. The molecule has 15 heavy (non-hydrogen) atoms. The number of hydrogen-bond acceptors (Lipinski definition) is 4. The molecule has 1 unspecified atom stereocenters. The third-order valence-electron chi connectivity index (χ3n) is 2.87. The van der Waals surface area contributed by atoms with E-state index in [0.717, 1.165) is 19.4 Å². The van der Waals surface area contributed by atoms with E-state index in [9.17, 15) is 4.79 Å². The highest BCUT2D eigenvalue weighted by molar-refractivity contribution is 5.81. The van der Waals surface area contributed by atoms with Gasteiger partial charge >= 0.3 is 0 Å². The number of amides is 1. The molecule has 0 aromatic rings. The monoisotopic (exact) mass is 214 g/mol. The molecular weight excluding hydrogens is 196 g/mol. The molecule has 0 radical (unpaired) electrons. The van der Waals surface area contributed by atoms with Gasteiger partial charge in [0.2, 0.25) is 0 Å². The molecule has 5 nitrogen and oxygen atoms in total. The second-order valence-electron chi connectivity index (χ2n) is 4.07. The van der Waals surface area contributed by atoms with Gasteiger partial charge in [0.1, 0.15) is 6.04 Å². The Morgan fingerprint density at radius 3 is 2.87 bits per heavy atom. The molecule has 0 spiro atoms. The summed E-state index contributed by atoms with van der Waals surface area (Å²) in [5.41, 5.74) is 2.51. The van der Waals surface area contributed by atoms with Crippen molar-refractivity contribution in [2.45, 2.75) is 37.8 Å². The zero-order valence-corrected chi connectivity index (χ0v) is 8.83. The Morgan fingerprint density at radius 2 is 2.20 bits per heavy atom. The molecule has 1 aliphatic heterocycles. The van der Waals surface area contributed by atoms with Crippen LogP contribution in [0.5, 0.6) is 0 Å². The maximum atomic E-state index is 11.6. The lowest BCUT2D eigenvalue weighted by Crippen LogP contribution is -2.51. The van der Waals surface area contributed by atoms with Crippen molar-refractivity contribution in [3.8, 4) is 0 Å². The molecule has 1 aliphatic carbocycles. The standard InChI is InChI=1S/C10H18N2O3/c13-10(9-7-14-6-5-11-9)12-15-8-3-1-2-4-8/h8-9,11H,1-7H2,(H,12,13). The van der Waals surface area contributed by atoms with E-state index in [-0.39, 0.29) is 18.1 Å². The zero-order valence-electron chi connectivity index (χ0n) is 8.83. The number of nitrogens with one attached hydrogen (secondary N) is 2. The van der Waals surface area contributed by atoms with E-state index < -0.39 is 0 Å². The van der Waals surface area contributed by atoms with Crippen molar-refractivity contribution in [2.24, 2.45) is 0 Å². The summed E-state index contributed by atoms with van der Waals surface area (Å²) in [5, 5.41) is 3.08. The number of morpholine rings is 1. The zero-order chi connectivity index (χ0) is 10.5. The Bertz CT molecular complexity index is 211. The minimum atomic E-state index is -0.264. The topological polar surface area (TPSA) is 59.6 Å². The Labute approximate surface area is 89.5 Å². The first kappa shape index (κ1) is 10.9. The molecule has 86 valence electrons. The molecule has 1 heterocycles. The van der Waals surface area contributed by atoms with Crippen LogP contribution in [-0.4, -0.2) is 37.8 Å². The summed E-state index contributed by atoms with van der Waals surface area (Å²) in [6.45, 7) is 1.83. The molecule has 1 atom stereocenters. The third kappa shape index (κ3) is 3.15. The Morgan fingerprint density at radius 1 is 1.40 bits per heavy atom. The lowest BCUT2D eigenvalue weighted by atomic mass is 10.3. The average molecular weight is 214 g/mol. The number of rotatable bonds is 3. The van der Waals surface area contributed by atoms with Gasteiger partial charge in [0.05, 0.1) is 19.3 Å². The molecule has 2 fully saturated rings. The highest BCUT2D eigenvalue weighted by atomic mass is 16.7. The summed E-state index contributed by atoms with van der Waals surface area (Å²) in [6.07, 6.45) is 4.71. The van der Waals surface area contributed by atoms with Crippen molar-refractivity contribution in [3.05, 3.63) is 0 Å². The van der Waals surface area contributed by atoms with Crippen LogP contribution in [0, 0.1) is 0 Å². The Balaban J connectivity index is 1.66. The number of ether oxygens (including phenoxy) is 1. The number of hydrogen-bond donors (Lipinski definition) is 2. The predicted molar refractivity (Wildman–Crippen MR) is 54.1 cm³/mol. The average Bonchev–Trinajstić information content (AvgIpc) is 2.80. The Hall–Kier alpha value is -0.650. The van der Waals surface area contributed by atoms with Crippen molar-refractivity contribution in [2.75, 3.05) is 19.8 Å². The van der Waals surface area contributed by atoms with Gasteiger partial charge < -0.3 is 10.1 Å². The first-order chi connectivity index (χ1) is 7.36. The fourth-order valence-corrected chi connectivity index (χ4v) is 1.95. The normalized spacial score (nSPS) is 27.9. The van der Waals surface area contributed by atoms with E-state index in [1.54, 1.807) is 0 Å². The minimum Gasteiger partial charge on any atom is -0.378 e. The van der Waals surface area contributed by atoms with Crippen LogP contribution in [-0.2, 0) is 14.4 Å². The number of hydroxylamine groups is 1. The second kappa shape index (κ2) is 5.44. The van der Waals surface area contributed by atoms with Gasteiger partial charge in [-0.1, -0.05) is 12.8 Å². The molecular formula is C10H18N2O3. The van der Waals surface area contributed by atoms with Crippen LogP contribution in [0.2, 0.25) is 0 Å². The van der Waals surface area contributed by atoms with Crippen molar-refractivity contribution < 1.29 is 14.4 Å². The van der Waals surface area contributed by atoms with Crippen molar-refractivity contribution >= 4 is 5.91 Å². The van der Waals surface area contributed by atoms with Gasteiger partial charge in [0.15, 0.2) is 0 Å². The third-order valence-corrected chi connectivity index (χ3v) is 2.87. The van der Waals surface area contributed by atoms with Gasteiger partial charge in [-0.3, -0.25) is 9.63 Å². The molecule has 0 bridgehead atoms. The van der Waals surface area contributed by atoms with Gasteiger partial charge in [-0.25, -0.2) is 5.48 Å². The smallest absolute Gasteiger partial charge is 0.263 e. The summed E-state index contributed by atoms with van der Waals surface area (Å²) < 4.78 is 5.20. The summed E-state index contributed by atoms with van der Waals surface area (Å²) in [6, 6.07) is -0.264. The molecule has 5 heteroatoms. The van der Waals surface area contributed by atoms with E-state index in [1.165, 1.54) is 12.8 Å². The quantitative estimate of drug-likeness (QED) is 0.647. The van der Waals surface area contributed by atoms with Gasteiger partial charge in [-0.2, -0.15) is 0 Å². The second-order valence-corrected chi connectivity index (χ2v) is 4.07. The van der Waals surface area contributed by atoms with Crippen LogP contribution in [0.25, 0.3) is 0 Å². The number of carbonyl (C=O) groups is 1. The number of carbonyl (C=O) groups excluding carboxylic acids is 1. The van der Waals surface area contributed by atoms with E-state index in [0.29, 0.717) is 13.2 Å². The Kier molecular flexibility index (Phi) is 3.94. The lowest BCUT2D eigenvalue weighted by Gasteiger charge is -2.23. The lowest BCUT2D eigenvalue weighted by molar-refractivity contribution is -0.143. The fourth-order valence-electron chi connectivity index (χ4n) is 1.95. The molecule has 2 aliphatic rings. The highest BCUT2D eigenvalue weighted by Gasteiger charge is 2.23. The van der Waals surface area contributed by atoms with Crippen LogP contribution in [0.3, 0.4) is 0 Å².